The number of aryl methyl sites for hydroxylation is 2. The van der Waals surface area contributed by atoms with Gasteiger partial charge in [-0.15, -0.1) is 11.8 Å². The maximum Gasteiger partial charge on any atom is 0.0657 e. The van der Waals surface area contributed by atoms with Gasteiger partial charge < -0.3 is 4.98 Å². The predicted octanol–water partition coefficient (Wildman–Crippen LogP) is 4.16. The Hall–Kier alpha value is -0.600. The number of hydrogen-bond donors (Lipinski definition) is 1. The summed E-state index contributed by atoms with van der Waals surface area (Å²) in [5, 5.41) is 2.04. The zero-order chi connectivity index (χ0) is 10.3. The highest BCUT2D eigenvalue weighted by molar-refractivity contribution is 7.98. The number of H-pyrrole nitrogens is 1. The molecule has 0 radical (unpaired) electrons. The molecule has 0 aliphatic carbocycles. The monoisotopic (exact) mass is 225 g/mol. The molecule has 1 nitrogen and oxygen atoms in total. The van der Waals surface area contributed by atoms with E-state index in [0.29, 0.717) is 0 Å². The molecule has 0 amide bonds. The van der Waals surface area contributed by atoms with E-state index in [1.54, 1.807) is 11.8 Å². The molecule has 0 saturated carbocycles. The molecule has 3 heteroatoms. The smallest absolute Gasteiger partial charge is 0.0657 e. The Balaban J connectivity index is 2.87. The van der Waals surface area contributed by atoms with Crippen molar-refractivity contribution in [3.05, 3.63) is 28.4 Å². The van der Waals surface area contributed by atoms with Crippen molar-refractivity contribution >= 4 is 34.3 Å². The Morgan fingerprint density at radius 3 is 2.64 bits per heavy atom. The maximum atomic E-state index is 6.16. The quantitative estimate of drug-likeness (QED) is 0.721. The molecule has 1 aromatic heterocycles. The van der Waals surface area contributed by atoms with Crippen LogP contribution in [0.25, 0.3) is 10.9 Å². The van der Waals surface area contributed by atoms with Crippen LogP contribution in [-0.2, 0) is 0 Å². The second-order valence-corrected chi connectivity index (χ2v) is 4.68. The van der Waals surface area contributed by atoms with E-state index in [4.69, 9.17) is 11.6 Å². The van der Waals surface area contributed by atoms with Crippen molar-refractivity contribution in [3.63, 3.8) is 0 Å². The fourth-order valence-corrected chi connectivity index (χ4v) is 2.82. The molecule has 0 bridgehead atoms. The molecule has 0 saturated heterocycles. The first kappa shape index (κ1) is 9.94. The summed E-state index contributed by atoms with van der Waals surface area (Å²) in [4.78, 5) is 4.62. The number of halogens is 1. The lowest BCUT2D eigenvalue weighted by molar-refractivity contribution is 1.23. The highest BCUT2D eigenvalue weighted by Gasteiger charge is 2.10. The lowest BCUT2D eigenvalue weighted by Crippen LogP contribution is -1.75. The molecule has 2 aromatic rings. The first-order valence-corrected chi connectivity index (χ1v) is 6.06. The predicted molar refractivity (Wildman–Crippen MR) is 64.6 cm³/mol. The zero-order valence-corrected chi connectivity index (χ0v) is 10.0. The van der Waals surface area contributed by atoms with Crippen molar-refractivity contribution in [1.82, 2.24) is 4.98 Å². The van der Waals surface area contributed by atoms with Gasteiger partial charge in [0.1, 0.15) is 0 Å². The number of aromatic amines is 1. The number of hydrogen-bond acceptors (Lipinski definition) is 1. The molecule has 0 spiro atoms. The summed E-state index contributed by atoms with van der Waals surface area (Å²) in [7, 11) is 0. The van der Waals surface area contributed by atoms with Crippen LogP contribution in [0.1, 0.15) is 11.3 Å². The summed E-state index contributed by atoms with van der Waals surface area (Å²) in [6.07, 6.45) is 2.09. The SMILES string of the molecule is CSc1c(C)[nH]c2c(Cl)cc(C)cc12. The van der Waals surface area contributed by atoms with Crippen molar-refractivity contribution in [2.24, 2.45) is 0 Å². The summed E-state index contributed by atoms with van der Waals surface area (Å²) in [5.74, 6) is 0. The van der Waals surface area contributed by atoms with Crippen LogP contribution in [0.15, 0.2) is 17.0 Å². The Labute approximate surface area is 92.8 Å². The van der Waals surface area contributed by atoms with Gasteiger partial charge in [-0.25, -0.2) is 0 Å². The zero-order valence-electron chi connectivity index (χ0n) is 8.44. The molecular formula is C11H12ClNS. The van der Waals surface area contributed by atoms with Crippen LogP contribution in [-0.4, -0.2) is 11.2 Å². The van der Waals surface area contributed by atoms with E-state index in [1.165, 1.54) is 21.5 Å². The maximum absolute atomic E-state index is 6.16. The lowest BCUT2D eigenvalue weighted by atomic mass is 10.2. The van der Waals surface area contributed by atoms with Gasteiger partial charge in [-0.1, -0.05) is 11.6 Å². The molecule has 0 unspecified atom stereocenters. The van der Waals surface area contributed by atoms with Crippen LogP contribution in [0.3, 0.4) is 0 Å². The van der Waals surface area contributed by atoms with Crippen molar-refractivity contribution in [3.8, 4) is 0 Å². The molecule has 1 aromatic carbocycles. The topological polar surface area (TPSA) is 15.8 Å². The Morgan fingerprint density at radius 1 is 1.29 bits per heavy atom. The minimum absolute atomic E-state index is 0.809. The minimum atomic E-state index is 0.809. The first-order chi connectivity index (χ1) is 6.63. The van der Waals surface area contributed by atoms with Gasteiger partial charge in [-0.3, -0.25) is 0 Å². The average molecular weight is 226 g/mol. The van der Waals surface area contributed by atoms with Crippen molar-refractivity contribution in [1.29, 1.82) is 0 Å². The fourth-order valence-electron chi connectivity index (χ4n) is 1.76. The van der Waals surface area contributed by atoms with E-state index in [0.717, 1.165) is 10.5 Å². The number of benzene rings is 1. The molecule has 1 N–H and O–H groups in total. The van der Waals surface area contributed by atoms with Crippen molar-refractivity contribution in [2.75, 3.05) is 6.26 Å². The Morgan fingerprint density at radius 2 is 2.00 bits per heavy atom. The van der Waals surface area contributed by atoms with E-state index in [-0.39, 0.29) is 0 Å². The van der Waals surface area contributed by atoms with Gasteiger partial charge in [0.25, 0.3) is 0 Å². The summed E-state index contributed by atoms with van der Waals surface area (Å²) in [6, 6.07) is 4.17. The molecule has 2 rings (SSSR count). The van der Waals surface area contributed by atoms with Gasteiger partial charge in [0.2, 0.25) is 0 Å². The third kappa shape index (κ3) is 1.43. The highest BCUT2D eigenvalue weighted by Crippen LogP contribution is 2.34. The van der Waals surface area contributed by atoms with Crippen LogP contribution in [0.2, 0.25) is 5.02 Å². The Bertz CT molecular complexity index is 487. The molecular weight excluding hydrogens is 214 g/mol. The van der Waals surface area contributed by atoms with Gasteiger partial charge in [0, 0.05) is 16.0 Å². The molecule has 14 heavy (non-hydrogen) atoms. The number of nitrogens with one attached hydrogen (secondary N) is 1. The van der Waals surface area contributed by atoms with Gasteiger partial charge in [-0.2, -0.15) is 0 Å². The Kier molecular flexibility index (Phi) is 2.50. The third-order valence-electron chi connectivity index (χ3n) is 2.34. The highest BCUT2D eigenvalue weighted by atomic mass is 35.5. The fraction of sp³-hybridized carbons (Fsp3) is 0.273. The summed E-state index contributed by atoms with van der Waals surface area (Å²) < 4.78 is 0. The molecule has 0 aliphatic rings. The van der Waals surface area contributed by atoms with Crippen LogP contribution < -0.4 is 0 Å². The third-order valence-corrected chi connectivity index (χ3v) is 3.57. The number of thioether (sulfide) groups is 1. The lowest BCUT2D eigenvalue weighted by Gasteiger charge is -1.98. The van der Waals surface area contributed by atoms with Crippen LogP contribution in [0.5, 0.6) is 0 Å². The molecule has 1 heterocycles. The van der Waals surface area contributed by atoms with Crippen LogP contribution >= 0.6 is 23.4 Å². The first-order valence-electron chi connectivity index (χ1n) is 4.46. The minimum Gasteiger partial charge on any atom is -0.356 e. The normalized spacial score (nSPS) is 11.1. The molecule has 74 valence electrons. The van der Waals surface area contributed by atoms with Gasteiger partial charge in [0.05, 0.1) is 10.5 Å². The van der Waals surface area contributed by atoms with E-state index >= 15 is 0 Å². The summed E-state index contributed by atoms with van der Waals surface area (Å²) in [6.45, 7) is 4.15. The summed E-state index contributed by atoms with van der Waals surface area (Å²) >= 11 is 7.92. The van der Waals surface area contributed by atoms with E-state index in [9.17, 15) is 0 Å². The van der Waals surface area contributed by atoms with Crippen molar-refractivity contribution < 1.29 is 0 Å². The molecule has 0 atom stereocenters. The van der Waals surface area contributed by atoms with Crippen LogP contribution in [0.4, 0.5) is 0 Å². The molecule has 0 fully saturated rings. The van der Waals surface area contributed by atoms with E-state index < -0.39 is 0 Å². The van der Waals surface area contributed by atoms with E-state index in [1.807, 2.05) is 6.07 Å². The van der Waals surface area contributed by atoms with Crippen molar-refractivity contribution in [2.45, 2.75) is 18.7 Å². The molecule has 0 aliphatic heterocycles. The average Bonchev–Trinajstić information content (AvgIpc) is 2.41. The number of fused-ring (bicyclic) bond motifs is 1. The van der Waals surface area contributed by atoms with Gasteiger partial charge in [-0.05, 0) is 37.8 Å². The van der Waals surface area contributed by atoms with Crippen LogP contribution in [0, 0.1) is 13.8 Å². The second kappa shape index (κ2) is 3.52. The van der Waals surface area contributed by atoms with E-state index in [2.05, 4.69) is 31.2 Å². The standard InChI is InChI=1S/C11H12ClNS/c1-6-4-8-10(9(12)5-6)13-7(2)11(8)14-3/h4-5,13H,1-3H3. The summed E-state index contributed by atoms with van der Waals surface area (Å²) in [5.41, 5.74) is 3.45. The largest absolute Gasteiger partial charge is 0.356 e. The van der Waals surface area contributed by atoms with Gasteiger partial charge in [0.15, 0.2) is 0 Å². The number of aromatic nitrogens is 1. The van der Waals surface area contributed by atoms with Gasteiger partial charge >= 0.3 is 0 Å². The second-order valence-electron chi connectivity index (χ2n) is 3.45. The number of rotatable bonds is 1.